The number of nitrogens with zero attached hydrogens (tertiary/aromatic N) is 3. The van der Waals surface area contributed by atoms with Crippen molar-refractivity contribution in [3.05, 3.63) is 57.3 Å². The number of sulfonamides is 1. The maximum Gasteiger partial charge on any atom is 0.266 e. The van der Waals surface area contributed by atoms with Crippen molar-refractivity contribution in [3.63, 3.8) is 0 Å². The molecule has 0 aliphatic carbocycles. The van der Waals surface area contributed by atoms with Crippen LogP contribution in [0.3, 0.4) is 0 Å². The molecule has 4 rings (SSSR count). The van der Waals surface area contributed by atoms with Gasteiger partial charge in [-0.3, -0.25) is 4.79 Å². The topological polar surface area (TPSA) is 81.0 Å². The van der Waals surface area contributed by atoms with Crippen LogP contribution in [0.15, 0.2) is 46.3 Å². The molecule has 1 aliphatic rings. The third-order valence-corrected chi connectivity index (χ3v) is 9.15. The van der Waals surface area contributed by atoms with Gasteiger partial charge in [0, 0.05) is 25.2 Å². The van der Waals surface area contributed by atoms with Crippen molar-refractivity contribution in [3.8, 4) is 0 Å². The van der Waals surface area contributed by atoms with Crippen LogP contribution < -0.4 is 4.80 Å². The van der Waals surface area contributed by atoms with Gasteiger partial charge in [0.05, 0.1) is 21.7 Å². The molecule has 0 spiro atoms. The summed E-state index contributed by atoms with van der Waals surface area (Å²) in [7, 11) is -2.20. The van der Waals surface area contributed by atoms with Crippen LogP contribution in [0.4, 0.5) is 0 Å². The third-order valence-electron chi connectivity index (χ3n) is 5.75. The average molecular weight is 508 g/mol. The summed E-state index contributed by atoms with van der Waals surface area (Å²) < 4.78 is 36.0. The molecule has 1 fully saturated rings. The first-order chi connectivity index (χ1) is 15.7. The highest BCUT2D eigenvalue weighted by atomic mass is 35.5. The largest absolute Gasteiger partial charge is 0.383 e. The molecule has 0 radical (unpaired) electrons. The maximum absolute atomic E-state index is 13.3. The molecule has 2 heterocycles. The van der Waals surface area contributed by atoms with Crippen molar-refractivity contribution in [2.75, 3.05) is 20.3 Å². The first-order valence-corrected chi connectivity index (χ1v) is 13.3. The molecule has 3 aromatic rings. The first-order valence-electron chi connectivity index (χ1n) is 10.7. The van der Waals surface area contributed by atoms with Gasteiger partial charge in [-0.05, 0) is 68.1 Å². The molecule has 0 saturated carbocycles. The van der Waals surface area contributed by atoms with Gasteiger partial charge in [-0.25, -0.2) is 8.42 Å². The number of halogens is 1. The van der Waals surface area contributed by atoms with Gasteiger partial charge in [0.2, 0.25) is 10.0 Å². The average Bonchev–Trinajstić information content (AvgIpc) is 3.39. The second-order valence-corrected chi connectivity index (χ2v) is 11.4. The summed E-state index contributed by atoms with van der Waals surface area (Å²) in [5.41, 5.74) is 3.24. The molecule has 1 saturated heterocycles. The molecular weight excluding hydrogens is 482 g/mol. The van der Waals surface area contributed by atoms with E-state index in [0.29, 0.717) is 35.8 Å². The molecule has 0 N–H and O–H groups in total. The number of rotatable bonds is 6. The molecule has 2 aromatic carbocycles. The minimum absolute atomic E-state index is 0.120. The van der Waals surface area contributed by atoms with E-state index >= 15 is 0 Å². The van der Waals surface area contributed by atoms with E-state index in [1.54, 1.807) is 7.11 Å². The molecule has 1 amide bonds. The van der Waals surface area contributed by atoms with Crippen molar-refractivity contribution < 1.29 is 17.9 Å². The van der Waals surface area contributed by atoms with Crippen LogP contribution in [0.5, 0.6) is 0 Å². The van der Waals surface area contributed by atoms with Crippen molar-refractivity contribution in [1.29, 1.82) is 0 Å². The Hall–Kier alpha value is -2.04. The number of aryl methyl sites for hydroxylation is 2. The van der Waals surface area contributed by atoms with Crippen molar-refractivity contribution in [2.24, 2.45) is 4.99 Å². The van der Waals surface area contributed by atoms with E-state index < -0.39 is 22.0 Å². The lowest BCUT2D eigenvalue weighted by molar-refractivity contribution is -0.121. The highest BCUT2D eigenvalue weighted by Gasteiger charge is 2.39. The number of methoxy groups -OCH3 is 1. The number of carbonyl (C=O) groups is 1. The quantitative estimate of drug-likeness (QED) is 0.506. The van der Waals surface area contributed by atoms with E-state index in [9.17, 15) is 13.2 Å². The van der Waals surface area contributed by atoms with Gasteiger partial charge in [0.1, 0.15) is 6.04 Å². The number of ether oxygens (including phenoxy) is 1. The van der Waals surface area contributed by atoms with Gasteiger partial charge in [-0.1, -0.05) is 29.0 Å². The Balaban J connectivity index is 1.74. The second kappa shape index (κ2) is 9.68. The fraction of sp³-hybridized carbons (Fsp3) is 0.391. The molecule has 7 nitrogen and oxygen atoms in total. The number of thiazole rings is 1. The number of hydrogen-bond acceptors (Lipinski definition) is 5. The predicted octanol–water partition coefficient (Wildman–Crippen LogP) is 3.90. The first kappa shape index (κ1) is 24.1. The number of hydrogen-bond donors (Lipinski definition) is 0. The Labute approximate surface area is 202 Å². The van der Waals surface area contributed by atoms with Gasteiger partial charge >= 0.3 is 0 Å². The van der Waals surface area contributed by atoms with Gasteiger partial charge in [0.15, 0.2) is 4.80 Å². The summed E-state index contributed by atoms with van der Waals surface area (Å²) >= 11 is 7.35. The van der Waals surface area contributed by atoms with Crippen LogP contribution in [-0.2, 0) is 26.1 Å². The summed E-state index contributed by atoms with van der Waals surface area (Å²) in [6.07, 6.45) is 1.05. The van der Waals surface area contributed by atoms with Gasteiger partial charge in [0.25, 0.3) is 5.91 Å². The Bertz CT molecular complexity index is 1360. The second-order valence-electron chi connectivity index (χ2n) is 8.14. The van der Waals surface area contributed by atoms with E-state index in [1.807, 2.05) is 18.4 Å². The van der Waals surface area contributed by atoms with Crippen molar-refractivity contribution in [2.45, 2.75) is 44.2 Å². The Morgan fingerprint density at radius 1 is 1.24 bits per heavy atom. The highest BCUT2D eigenvalue weighted by molar-refractivity contribution is 7.89. The minimum atomic E-state index is -3.83. The zero-order valence-electron chi connectivity index (χ0n) is 18.7. The smallest absolute Gasteiger partial charge is 0.266 e. The van der Waals surface area contributed by atoms with Gasteiger partial charge < -0.3 is 9.30 Å². The predicted molar refractivity (Wildman–Crippen MR) is 130 cm³/mol. The normalized spacial score (nSPS) is 17.8. The molecule has 0 bridgehead atoms. The van der Waals surface area contributed by atoms with E-state index in [2.05, 4.69) is 17.1 Å². The van der Waals surface area contributed by atoms with E-state index in [4.69, 9.17) is 16.3 Å². The Kier molecular flexibility index (Phi) is 7.07. The molecule has 33 heavy (non-hydrogen) atoms. The summed E-state index contributed by atoms with van der Waals surface area (Å²) in [6.45, 7) is 5.37. The number of aromatic nitrogens is 1. The van der Waals surface area contributed by atoms with Crippen LogP contribution in [0.2, 0.25) is 5.02 Å². The van der Waals surface area contributed by atoms with Crippen LogP contribution in [0.25, 0.3) is 10.2 Å². The molecule has 1 aromatic heterocycles. The lowest BCUT2D eigenvalue weighted by Crippen LogP contribution is -2.40. The minimum Gasteiger partial charge on any atom is -0.383 e. The van der Waals surface area contributed by atoms with E-state index in [0.717, 1.165) is 21.3 Å². The van der Waals surface area contributed by atoms with Gasteiger partial charge in [-0.2, -0.15) is 9.30 Å². The van der Waals surface area contributed by atoms with Gasteiger partial charge in [-0.15, -0.1) is 0 Å². The number of amides is 1. The molecule has 176 valence electrons. The number of benzene rings is 2. The molecule has 1 atom stereocenters. The number of fused-ring (bicyclic) bond motifs is 1. The maximum atomic E-state index is 13.3. The summed E-state index contributed by atoms with van der Waals surface area (Å²) in [5.74, 6) is -0.447. The van der Waals surface area contributed by atoms with Crippen LogP contribution in [-0.4, -0.2) is 49.5 Å². The molecule has 1 unspecified atom stereocenters. The summed E-state index contributed by atoms with van der Waals surface area (Å²) in [5, 5.41) is 0.453. The summed E-state index contributed by atoms with van der Waals surface area (Å²) in [6, 6.07) is 9.34. The molecule has 10 heteroatoms. The van der Waals surface area contributed by atoms with E-state index in [1.165, 1.54) is 39.9 Å². The zero-order chi connectivity index (χ0) is 23.8. The fourth-order valence-electron chi connectivity index (χ4n) is 4.18. The van der Waals surface area contributed by atoms with Crippen LogP contribution >= 0.6 is 22.9 Å². The van der Waals surface area contributed by atoms with Crippen molar-refractivity contribution in [1.82, 2.24) is 8.87 Å². The molecular formula is C23H26ClN3O4S2. The Morgan fingerprint density at radius 3 is 2.67 bits per heavy atom. The zero-order valence-corrected chi connectivity index (χ0v) is 21.1. The standard InChI is InChI=1S/C23H26ClN3O4S2/c1-15-13-16(2)21-20(14-15)26(11-12-31-3)23(32-21)25-22(28)19-5-4-10-27(19)33(29,30)18-8-6-17(24)7-9-18/h6-9,13-14,19H,4-5,10-12H2,1-3H3. The van der Waals surface area contributed by atoms with Crippen LogP contribution in [0.1, 0.15) is 24.0 Å². The third kappa shape index (κ3) is 4.79. The van der Waals surface area contributed by atoms with Crippen molar-refractivity contribution >= 4 is 49.1 Å². The van der Waals surface area contributed by atoms with E-state index in [-0.39, 0.29) is 11.4 Å². The fourth-order valence-corrected chi connectivity index (χ4v) is 7.07. The monoisotopic (exact) mass is 507 g/mol. The lowest BCUT2D eigenvalue weighted by Gasteiger charge is -2.21. The SMILES string of the molecule is COCCn1c(=NC(=O)C2CCCN2S(=O)(=O)c2ccc(Cl)cc2)sc2c(C)cc(C)cc21. The number of carbonyl (C=O) groups excluding carboxylic acids is 1. The summed E-state index contributed by atoms with van der Waals surface area (Å²) in [4.78, 5) is 18.4. The molecule has 1 aliphatic heterocycles. The highest BCUT2D eigenvalue weighted by Crippen LogP contribution is 2.28. The lowest BCUT2D eigenvalue weighted by atomic mass is 10.1. The Morgan fingerprint density at radius 2 is 1.97 bits per heavy atom. The van der Waals surface area contributed by atoms with Crippen LogP contribution in [0, 0.1) is 13.8 Å².